The average molecular weight is 192 g/mol. The van der Waals surface area contributed by atoms with Gasteiger partial charge in [-0.2, -0.15) is 0 Å². The van der Waals surface area contributed by atoms with Crippen molar-refractivity contribution in [1.82, 2.24) is 0 Å². The molecule has 0 bridgehead atoms. The Kier molecular flexibility index (Phi) is 5.13. The van der Waals surface area contributed by atoms with Gasteiger partial charge in [-0.05, 0) is 25.5 Å². The fourth-order valence-electron chi connectivity index (χ4n) is 1.35. The maximum absolute atomic E-state index is 5.61. The summed E-state index contributed by atoms with van der Waals surface area (Å²) in [5.41, 5.74) is 1.28. The van der Waals surface area contributed by atoms with Crippen LogP contribution in [0.15, 0.2) is 24.3 Å². The first-order chi connectivity index (χ1) is 6.83. The van der Waals surface area contributed by atoms with Gasteiger partial charge in [0.15, 0.2) is 0 Å². The summed E-state index contributed by atoms with van der Waals surface area (Å²) in [5.74, 6) is 0.993. The van der Waals surface area contributed by atoms with Crippen LogP contribution in [-0.2, 0) is 0 Å². The summed E-state index contributed by atoms with van der Waals surface area (Å²) in [6.45, 7) is 5.16. The zero-order valence-corrected chi connectivity index (χ0v) is 9.25. The summed E-state index contributed by atoms with van der Waals surface area (Å²) in [5, 5.41) is 0. The first-order valence-corrected chi connectivity index (χ1v) is 5.52. The standard InChI is InChI=1S/C13H20O/c1-3-4-5-6-11-14-13-9-7-12(2)8-10-13/h7-10H,3-6,11H2,1-2H3. The van der Waals surface area contributed by atoms with Gasteiger partial charge in [-0.1, -0.05) is 43.9 Å². The normalized spacial score (nSPS) is 10.1. The Morgan fingerprint density at radius 2 is 1.71 bits per heavy atom. The maximum atomic E-state index is 5.61. The number of aryl methyl sites for hydroxylation is 1. The van der Waals surface area contributed by atoms with Crippen LogP contribution in [0.5, 0.6) is 5.75 Å². The molecule has 0 heterocycles. The van der Waals surface area contributed by atoms with Crippen molar-refractivity contribution in [1.29, 1.82) is 0 Å². The molecule has 1 rings (SSSR count). The highest BCUT2D eigenvalue weighted by Crippen LogP contribution is 2.12. The molecule has 0 atom stereocenters. The lowest BCUT2D eigenvalue weighted by Crippen LogP contribution is -1.96. The molecule has 1 heteroatoms. The third-order valence-electron chi connectivity index (χ3n) is 2.29. The van der Waals surface area contributed by atoms with Gasteiger partial charge in [-0.25, -0.2) is 0 Å². The zero-order valence-electron chi connectivity index (χ0n) is 9.25. The molecule has 0 aliphatic rings. The highest BCUT2D eigenvalue weighted by atomic mass is 16.5. The molecule has 14 heavy (non-hydrogen) atoms. The van der Waals surface area contributed by atoms with Gasteiger partial charge in [0.05, 0.1) is 6.61 Å². The first-order valence-electron chi connectivity index (χ1n) is 5.52. The van der Waals surface area contributed by atoms with Gasteiger partial charge in [0.2, 0.25) is 0 Å². The topological polar surface area (TPSA) is 9.23 Å². The predicted octanol–water partition coefficient (Wildman–Crippen LogP) is 3.95. The zero-order chi connectivity index (χ0) is 10.2. The average Bonchev–Trinajstić information content (AvgIpc) is 2.21. The fraction of sp³-hybridized carbons (Fsp3) is 0.538. The second-order valence-corrected chi connectivity index (χ2v) is 3.72. The van der Waals surface area contributed by atoms with Gasteiger partial charge in [-0.15, -0.1) is 0 Å². The van der Waals surface area contributed by atoms with E-state index >= 15 is 0 Å². The maximum Gasteiger partial charge on any atom is 0.119 e. The largest absolute Gasteiger partial charge is 0.494 e. The van der Waals surface area contributed by atoms with Crippen molar-refractivity contribution in [3.05, 3.63) is 29.8 Å². The Labute approximate surface area is 87.1 Å². The molecule has 1 aromatic carbocycles. The summed E-state index contributed by atoms with van der Waals surface area (Å²) in [6, 6.07) is 8.24. The molecule has 0 unspecified atom stereocenters. The SMILES string of the molecule is CCCCCCOc1ccc(C)cc1. The molecular formula is C13H20O. The summed E-state index contributed by atoms with van der Waals surface area (Å²) >= 11 is 0. The van der Waals surface area contributed by atoms with E-state index in [2.05, 4.69) is 26.0 Å². The summed E-state index contributed by atoms with van der Waals surface area (Å²) in [6.07, 6.45) is 5.05. The number of benzene rings is 1. The van der Waals surface area contributed by atoms with Gasteiger partial charge < -0.3 is 4.74 Å². The number of unbranched alkanes of at least 4 members (excludes halogenated alkanes) is 3. The molecule has 0 saturated heterocycles. The minimum Gasteiger partial charge on any atom is -0.494 e. The Bertz CT molecular complexity index is 238. The molecule has 0 aliphatic carbocycles. The van der Waals surface area contributed by atoms with Crippen LogP contribution in [0.2, 0.25) is 0 Å². The van der Waals surface area contributed by atoms with Crippen LogP contribution in [0.4, 0.5) is 0 Å². The van der Waals surface area contributed by atoms with Gasteiger partial charge in [0.25, 0.3) is 0 Å². The van der Waals surface area contributed by atoms with Crippen molar-refractivity contribution in [2.75, 3.05) is 6.61 Å². The van der Waals surface area contributed by atoms with Crippen molar-refractivity contribution in [2.24, 2.45) is 0 Å². The van der Waals surface area contributed by atoms with Gasteiger partial charge in [-0.3, -0.25) is 0 Å². The molecule has 1 aromatic rings. The Morgan fingerprint density at radius 3 is 2.36 bits per heavy atom. The van der Waals surface area contributed by atoms with Crippen molar-refractivity contribution < 1.29 is 4.74 Å². The lowest BCUT2D eigenvalue weighted by atomic mass is 10.2. The minimum atomic E-state index is 0.850. The van der Waals surface area contributed by atoms with E-state index in [9.17, 15) is 0 Å². The second kappa shape index (κ2) is 6.47. The van der Waals surface area contributed by atoms with E-state index in [0.29, 0.717) is 0 Å². The van der Waals surface area contributed by atoms with Gasteiger partial charge >= 0.3 is 0 Å². The Balaban J connectivity index is 2.15. The van der Waals surface area contributed by atoms with Crippen LogP contribution in [0.3, 0.4) is 0 Å². The van der Waals surface area contributed by atoms with Gasteiger partial charge in [0, 0.05) is 0 Å². The monoisotopic (exact) mass is 192 g/mol. The molecule has 0 fully saturated rings. The van der Waals surface area contributed by atoms with E-state index in [1.165, 1.54) is 31.2 Å². The molecule has 0 amide bonds. The molecule has 0 N–H and O–H groups in total. The van der Waals surface area contributed by atoms with Crippen molar-refractivity contribution in [3.8, 4) is 5.75 Å². The van der Waals surface area contributed by atoms with Crippen molar-refractivity contribution in [2.45, 2.75) is 39.5 Å². The molecule has 78 valence electrons. The first kappa shape index (κ1) is 11.1. The van der Waals surface area contributed by atoms with E-state index in [4.69, 9.17) is 4.74 Å². The van der Waals surface area contributed by atoms with E-state index in [-0.39, 0.29) is 0 Å². The van der Waals surface area contributed by atoms with Crippen LogP contribution in [0.1, 0.15) is 38.2 Å². The molecule has 0 radical (unpaired) electrons. The summed E-state index contributed by atoms with van der Waals surface area (Å²) in [4.78, 5) is 0. The van der Waals surface area contributed by atoms with Crippen LogP contribution in [-0.4, -0.2) is 6.61 Å². The van der Waals surface area contributed by atoms with Crippen molar-refractivity contribution >= 4 is 0 Å². The highest BCUT2D eigenvalue weighted by Gasteiger charge is 1.92. The second-order valence-electron chi connectivity index (χ2n) is 3.72. The van der Waals surface area contributed by atoms with Crippen LogP contribution in [0.25, 0.3) is 0 Å². The summed E-state index contributed by atoms with van der Waals surface area (Å²) < 4.78 is 5.61. The van der Waals surface area contributed by atoms with E-state index < -0.39 is 0 Å². The quantitative estimate of drug-likeness (QED) is 0.620. The van der Waals surface area contributed by atoms with Crippen molar-refractivity contribution in [3.63, 3.8) is 0 Å². The Morgan fingerprint density at radius 1 is 1.00 bits per heavy atom. The lowest BCUT2D eigenvalue weighted by molar-refractivity contribution is 0.305. The van der Waals surface area contributed by atoms with E-state index in [0.717, 1.165) is 12.4 Å². The minimum absolute atomic E-state index is 0.850. The number of hydrogen-bond donors (Lipinski definition) is 0. The summed E-state index contributed by atoms with van der Waals surface area (Å²) in [7, 11) is 0. The van der Waals surface area contributed by atoms with E-state index in [1.54, 1.807) is 0 Å². The molecule has 1 nitrogen and oxygen atoms in total. The molecule has 0 aliphatic heterocycles. The number of rotatable bonds is 6. The third kappa shape index (κ3) is 4.31. The predicted molar refractivity (Wildman–Crippen MR) is 60.8 cm³/mol. The number of ether oxygens (including phenoxy) is 1. The number of hydrogen-bond acceptors (Lipinski definition) is 1. The van der Waals surface area contributed by atoms with Gasteiger partial charge in [0.1, 0.15) is 5.75 Å². The Hall–Kier alpha value is -0.980. The molecule has 0 saturated carbocycles. The molecule has 0 spiro atoms. The van der Waals surface area contributed by atoms with Crippen LogP contribution < -0.4 is 4.74 Å². The van der Waals surface area contributed by atoms with Crippen LogP contribution in [0, 0.1) is 6.92 Å². The fourth-order valence-corrected chi connectivity index (χ4v) is 1.35. The third-order valence-corrected chi connectivity index (χ3v) is 2.29. The lowest BCUT2D eigenvalue weighted by Gasteiger charge is -2.05. The smallest absolute Gasteiger partial charge is 0.119 e. The highest BCUT2D eigenvalue weighted by molar-refractivity contribution is 5.26. The van der Waals surface area contributed by atoms with Crippen LogP contribution >= 0.6 is 0 Å². The molecular weight excluding hydrogens is 172 g/mol. The van der Waals surface area contributed by atoms with E-state index in [1.807, 2.05) is 12.1 Å². The molecule has 0 aromatic heterocycles.